The Kier molecular flexibility index (Phi) is 4.02. The van der Waals surface area contributed by atoms with Crippen LogP contribution in [-0.4, -0.2) is 19.0 Å². The van der Waals surface area contributed by atoms with Crippen LogP contribution >= 0.6 is 0 Å². The Morgan fingerprint density at radius 2 is 1.88 bits per heavy atom. The fraction of sp³-hybridized carbons (Fsp3) is 0.273. The molecular weight excluding hydrogens is 208 g/mol. The number of esters is 1. The van der Waals surface area contributed by atoms with Gasteiger partial charge in [0, 0.05) is 12.6 Å². The number of carbonyl (C=O) groups is 2. The first-order valence-corrected chi connectivity index (χ1v) is 4.75. The summed E-state index contributed by atoms with van der Waals surface area (Å²) in [6, 6.07) is 5.91. The summed E-state index contributed by atoms with van der Waals surface area (Å²) in [5.74, 6) is -0.641. The average Bonchev–Trinajstić information content (AvgIpc) is 2.27. The topological polar surface area (TPSA) is 81.4 Å². The Morgan fingerprint density at radius 3 is 2.31 bits per heavy atom. The molecule has 0 aliphatic rings. The van der Waals surface area contributed by atoms with Crippen molar-refractivity contribution < 1.29 is 14.3 Å². The number of amides is 1. The predicted octanol–water partition coefficient (Wildman–Crippen LogP) is 0.818. The average molecular weight is 222 g/mol. The van der Waals surface area contributed by atoms with E-state index in [0.717, 1.165) is 0 Å². The van der Waals surface area contributed by atoms with Crippen molar-refractivity contribution in [2.75, 3.05) is 12.4 Å². The molecule has 0 radical (unpaired) electrons. The highest BCUT2D eigenvalue weighted by Crippen LogP contribution is 2.15. The van der Waals surface area contributed by atoms with Gasteiger partial charge in [0.05, 0.1) is 7.11 Å². The van der Waals surface area contributed by atoms with E-state index in [9.17, 15) is 9.59 Å². The van der Waals surface area contributed by atoms with Crippen LogP contribution in [0.25, 0.3) is 0 Å². The number of methoxy groups -OCH3 is 1. The summed E-state index contributed by atoms with van der Waals surface area (Å²) in [4.78, 5) is 21.9. The van der Waals surface area contributed by atoms with E-state index in [1.807, 2.05) is 0 Å². The van der Waals surface area contributed by atoms with E-state index in [4.69, 9.17) is 5.73 Å². The van der Waals surface area contributed by atoms with E-state index < -0.39 is 12.0 Å². The quantitative estimate of drug-likeness (QED) is 0.742. The molecular formula is C11H14N2O3. The molecule has 0 heterocycles. The van der Waals surface area contributed by atoms with Gasteiger partial charge >= 0.3 is 5.97 Å². The molecule has 1 aromatic carbocycles. The van der Waals surface area contributed by atoms with E-state index >= 15 is 0 Å². The molecule has 1 atom stereocenters. The SMILES string of the molecule is COC(=O)C(N)c1ccc(NC(C)=O)cc1. The maximum absolute atomic E-state index is 11.2. The summed E-state index contributed by atoms with van der Waals surface area (Å²) in [6.45, 7) is 1.42. The number of ether oxygens (including phenoxy) is 1. The maximum atomic E-state index is 11.2. The van der Waals surface area contributed by atoms with Crippen LogP contribution in [-0.2, 0) is 14.3 Å². The molecule has 0 aromatic heterocycles. The predicted molar refractivity (Wildman–Crippen MR) is 59.7 cm³/mol. The van der Waals surface area contributed by atoms with E-state index in [0.29, 0.717) is 11.3 Å². The van der Waals surface area contributed by atoms with Crippen LogP contribution in [0.3, 0.4) is 0 Å². The summed E-state index contributed by atoms with van der Waals surface area (Å²) >= 11 is 0. The molecule has 86 valence electrons. The molecule has 0 aliphatic carbocycles. The number of nitrogens with two attached hydrogens (primary N) is 1. The van der Waals surface area contributed by atoms with Gasteiger partial charge in [0.1, 0.15) is 6.04 Å². The smallest absolute Gasteiger partial charge is 0.327 e. The van der Waals surface area contributed by atoms with Crippen molar-refractivity contribution in [3.8, 4) is 0 Å². The molecule has 5 heteroatoms. The number of hydrogen-bond acceptors (Lipinski definition) is 4. The van der Waals surface area contributed by atoms with Crippen LogP contribution in [0.4, 0.5) is 5.69 Å². The van der Waals surface area contributed by atoms with Crippen LogP contribution in [0, 0.1) is 0 Å². The van der Waals surface area contributed by atoms with Gasteiger partial charge in [0.25, 0.3) is 0 Å². The minimum Gasteiger partial charge on any atom is -0.468 e. The number of nitrogens with one attached hydrogen (secondary N) is 1. The van der Waals surface area contributed by atoms with Crippen molar-refractivity contribution >= 4 is 17.6 Å². The molecule has 0 bridgehead atoms. The monoisotopic (exact) mass is 222 g/mol. The number of hydrogen-bond donors (Lipinski definition) is 2. The van der Waals surface area contributed by atoms with Crippen LogP contribution in [0.15, 0.2) is 24.3 Å². The van der Waals surface area contributed by atoms with Gasteiger partial charge in [-0.2, -0.15) is 0 Å². The number of anilines is 1. The molecule has 0 saturated carbocycles. The zero-order valence-corrected chi connectivity index (χ0v) is 9.19. The van der Waals surface area contributed by atoms with Crippen molar-refractivity contribution in [2.45, 2.75) is 13.0 Å². The highest BCUT2D eigenvalue weighted by molar-refractivity contribution is 5.88. The van der Waals surface area contributed by atoms with E-state index in [-0.39, 0.29) is 5.91 Å². The zero-order chi connectivity index (χ0) is 12.1. The van der Waals surface area contributed by atoms with Gasteiger partial charge < -0.3 is 15.8 Å². The van der Waals surface area contributed by atoms with Crippen LogP contribution in [0.2, 0.25) is 0 Å². The summed E-state index contributed by atoms with van der Waals surface area (Å²) in [7, 11) is 1.29. The number of carbonyl (C=O) groups excluding carboxylic acids is 2. The fourth-order valence-corrected chi connectivity index (χ4v) is 1.24. The van der Waals surface area contributed by atoms with Crippen molar-refractivity contribution in [3.63, 3.8) is 0 Å². The van der Waals surface area contributed by atoms with Crippen molar-refractivity contribution in [2.24, 2.45) is 5.73 Å². The first-order valence-electron chi connectivity index (χ1n) is 4.75. The van der Waals surface area contributed by atoms with Crippen molar-refractivity contribution in [3.05, 3.63) is 29.8 Å². The van der Waals surface area contributed by atoms with E-state index in [1.165, 1.54) is 14.0 Å². The summed E-state index contributed by atoms with van der Waals surface area (Å²) < 4.78 is 4.53. The van der Waals surface area contributed by atoms with Gasteiger partial charge in [-0.1, -0.05) is 12.1 Å². The van der Waals surface area contributed by atoms with Gasteiger partial charge in [-0.25, -0.2) is 0 Å². The van der Waals surface area contributed by atoms with Gasteiger partial charge in [-0.3, -0.25) is 9.59 Å². The van der Waals surface area contributed by atoms with Crippen LogP contribution < -0.4 is 11.1 Å². The van der Waals surface area contributed by atoms with Crippen molar-refractivity contribution in [1.29, 1.82) is 0 Å². The second kappa shape index (κ2) is 5.27. The summed E-state index contributed by atoms with van der Waals surface area (Å²) in [6.07, 6.45) is 0. The van der Waals surface area contributed by atoms with Gasteiger partial charge in [0.2, 0.25) is 5.91 Å². The molecule has 16 heavy (non-hydrogen) atoms. The van der Waals surface area contributed by atoms with E-state index in [1.54, 1.807) is 24.3 Å². The summed E-state index contributed by atoms with van der Waals surface area (Å²) in [5, 5.41) is 2.62. The Hall–Kier alpha value is -1.88. The lowest BCUT2D eigenvalue weighted by molar-refractivity contribution is -0.142. The summed E-state index contributed by atoms with van der Waals surface area (Å²) in [5.41, 5.74) is 6.94. The normalized spacial score (nSPS) is 11.7. The second-order valence-electron chi connectivity index (χ2n) is 3.30. The highest BCUT2D eigenvalue weighted by Gasteiger charge is 2.15. The first kappa shape index (κ1) is 12.2. The molecule has 1 amide bonds. The van der Waals surface area contributed by atoms with Crippen molar-refractivity contribution in [1.82, 2.24) is 0 Å². The highest BCUT2D eigenvalue weighted by atomic mass is 16.5. The number of rotatable bonds is 3. The Balaban J connectivity index is 2.78. The largest absolute Gasteiger partial charge is 0.468 e. The van der Waals surface area contributed by atoms with Gasteiger partial charge in [-0.15, -0.1) is 0 Å². The minimum atomic E-state index is -0.795. The Morgan fingerprint density at radius 1 is 1.31 bits per heavy atom. The lowest BCUT2D eigenvalue weighted by Crippen LogP contribution is -2.22. The lowest BCUT2D eigenvalue weighted by atomic mass is 10.1. The Bertz CT molecular complexity index is 387. The standard InChI is InChI=1S/C11H14N2O3/c1-7(14)13-9-5-3-8(4-6-9)10(12)11(15)16-2/h3-6,10H,12H2,1-2H3,(H,13,14). The van der Waals surface area contributed by atoms with Crippen LogP contribution in [0.1, 0.15) is 18.5 Å². The molecule has 0 fully saturated rings. The third-order valence-electron chi connectivity index (χ3n) is 2.05. The third kappa shape index (κ3) is 3.06. The molecule has 1 aromatic rings. The minimum absolute atomic E-state index is 0.148. The maximum Gasteiger partial charge on any atom is 0.327 e. The molecule has 1 rings (SSSR count). The molecule has 1 unspecified atom stereocenters. The molecule has 3 N–H and O–H groups in total. The Labute approximate surface area is 93.6 Å². The lowest BCUT2D eigenvalue weighted by Gasteiger charge is -2.10. The van der Waals surface area contributed by atoms with Gasteiger partial charge in [0.15, 0.2) is 0 Å². The second-order valence-corrected chi connectivity index (χ2v) is 3.30. The molecule has 0 saturated heterocycles. The van der Waals surface area contributed by atoms with E-state index in [2.05, 4.69) is 10.1 Å². The number of benzene rings is 1. The zero-order valence-electron chi connectivity index (χ0n) is 9.19. The fourth-order valence-electron chi connectivity index (χ4n) is 1.24. The first-order chi connectivity index (χ1) is 7.54. The van der Waals surface area contributed by atoms with Crippen LogP contribution in [0.5, 0.6) is 0 Å². The third-order valence-corrected chi connectivity index (χ3v) is 2.05. The van der Waals surface area contributed by atoms with Gasteiger partial charge in [-0.05, 0) is 17.7 Å². The molecule has 5 nitrogen and oxygen atoms in total. The molecule has 0 spiro atoms. The molecule has 0 aliphatic heterocycles.